The monoisotopic (exact) mass is 262 g/mol. The van der Waals surface area contributed by atoms with E-state index in [4.69, 9.17) is 4.74 Å². The Morgan fingerprint density at radius 1 is 1.32 bits per heavy atom. The molecule has 0 saturated carbocycles. The number of nitrogens with zero attached hydrogens (tertiary/aromatic N) is 1. The second-order valence-electron chi connectivity index (χ2n) is 4.65. The van der Waals surface area contributed by atoms with Crippen LogP contribution in [0.2, 0.25) is 0 Å². The van der Waals surface area contributed by atoms with Crippen molar-refractivity contribution in [3.05, 3.63) is 24.3 Å². The molecular weight excluding hydrogens is 244 g/mol. The number of carbonyl (C=O) groups is 2. The van der Waals surface area contributed by atoms with Crippen molar-refractivity contribution in [1.29, 1.82) is 0 Å². The predicted octanol–water partition coefficient (Wildman–Crippen LogP) is 2.17. The molecule has 1 aromatic carbocycles. The number of ether oxygens (including phenoxy) is 1. The van der Waals surface area contributed by atoms with Crippen LogP contribution in [-0.4, -0.2) is 25.1 Å². The maximum absolute atomic E-state index is 11.8. The lowest BCUT2D eigenvalue weighted by Gasteiger charge is -2.30. The first kappa shape index (κ1) is 13.4. The highest BCUT2D eigenvalue weighted by atomic mass is 16.5. The minimum Gasteiger partial charge on any atom is -0.494 e. The quantitative estimate of drug-likeness (QED) is 0.904. The molecule has 1 aliphatic rings. The lowest BCUT2D eigenvalue weighted by Crippen LogP contribution is -2.53. The molecule has 1 saturated heterocycles. The van der Waals surface area contributed by atoms with E-state index in [9.17, 15) is 9.59 Å². The Kier molecular flexibility index (Phi) is 4.04. The van der Waals surface area contributed by atoms with Crippen LogP contribution in [0.4, 0.5) is 10.5 Å². The van der Waals surface area contributed by atoms with Crippen molar-refractivity contribution in [2.45, 2.75) is 20.3 Å². The highest BCUT2D eigenvalue weighted by molar-refractivity contribution is 6.06. The Morgan fingerprint density at radius 3 is 2.63 bits per heavy atom. The van der Waals surface area contributed by atoms with Gasteiger partial charge < -0.3 is 4.74 Å². The van der Waals surface area contributed by atoms with Crippen LogP contribution in [0, 0.1) is 5.92 Å². The van der Waals surface area contributed by atoms with Crippen molar-refractivity contribution in [2.24, 2.45) is 5.92 Å². The number of amides is 3. The largest absolute Gasteiger partial charge is 0.494 e. The molecule has 5 nitrogen and oxygen atoms in total. The van der Waals surface area contributed by atoms with Crippen LogP contribution >= 0.6 is 0 Å². The zero-order valence-corrected chi connectivity index (χ0v) is 11.2. The van der Waals surface area contributed by atoms with Gasteiger partial charge in [-0.25, -0.2) is 4.79 Å². The summed E-state index contributed by atoms with van der Waals surface area (Å²) in [5.41, 5.74) is 0.765. The normalized spacial score (nSPS) is 19.3. The van der Waals surface area contributed by atoms with E-state index in [0.717, 1.165) is 17.9 Å². The van der Waals surface area contributed by atoms with Crippen LogP contribution in [0.5, 0.6) is 5.75 Å². The lowest BCUT2D eigenvalue weighted by atomic mass is 10.1. The second kappa shape index (κ2) is 5.73. The maximum Gasteiger partial charge on any atom is 0.328 e. The molecule has 0 radical (unpaired) electrons. The second-order valence-corrected chi connectivity index (χ2v) is 4.65. The molecular formula is C14H18N2O3. The predicted molar refractivity (Wildman–Crippen MR) is 72.3 cm³/mol. The van der Waals surface area contributed by atoms with E-state index in [2.05, 4.69) is 5.32 Å². The fraction of sp³-hybridized carbons (Fsp3) is 0.429. The molecule has 1 heterocycles. The molecule has 102 valence electrons. The van der Waals surface area contributed by atoms with Crippen LogP contribution in [0.15, 0.2) is 24.3 Å². The number of carbonyl (C=O) groups excluding carboxylic acids is 2. The summed E-state index contributed by atoms with van der Waals surface area (Å²) in [7, 11) is 0. The van der Waals surface area contributed by atoms with E-state index < -0.39 is 0 Å². The van der Waals surface area contributed by atoms with Crippen LogP contribution in [-0.2, 0) is 4.79 Å². The highest BCUT2D eigenvalue weighted by Gasteiger charge is 2.29. The van der Waals surface area contributed by atoms with Gasteiger partial charge in [0.05, 0.1) is 12.5 Å². The zero-order valence-electron chi connectivity index (χ0n) is 11.2. The Bertz CT molecular complexity index is 470. The average Bonchev–Trinajstić information content (AvgIpc) is 2.41. The molecule has 1 aliphatic heterocycles. The SMILES string of the molecule is CCCOc1ccc(N2CC(C)C(=O)NC2=O)cc1. The van der Waals surface area contributed by atoms with Crippen molar-refractivity contribution in [1.82, 2.24) is 5.32 Å². The fourth-order valence-corrected chi connectivity index (χ4v) is 1.90. The summed E-state index contributed by atoms with van der Waals surface area (Å²) in [4.78, 5) is 24.7. The third-order valence-corrected chi connectivity index (χ3v) is 3.00. The van der Waals surface area contributed by atoms with E-state index >= 15 is 0 Å². The minimum atomic E-state index is -0.370. The summed E-state index contributed by atoms with van der Waals surface area (Å²) >= 11 is 0. The van der Waals surface area contributed by atoms with Gasteiger partial charge in [0.2, 0.25) is 5.91 Å². The minimum absolute atomic E-state index is 0.200. The van der Waals surface area contributed by atoms with Crippen molar-refractivity contribution >= 4 is 17.6 Å². The van der Waals surface area contributed by atoms with E-state index in [-0.39, 0.29) is 17.9 Å². The first-order valence-corrected chi connectivity index (χ1v) is 6.47. The smallest absolute Gasteiger partial charge is 0.328 e. The van der Waals surface area contributed by atoms with E-state index in [1.807, 2.05) is 31.2 Å². The molecule has 1 unspecified atom stereocenters. The third kappa shape index (κ3) is 3.05. The van der Waals surface area contributed by atoms with Crippen molar-refractivity contribution in [3.63, 3.8) is 0 Å². The molecule has 5 heteroatoms. The topological polar surface area (TPSA) is 58.6 Å². The summed E-state index contributed by atoms with van der Waals surface area (Å²) in [6, 6.07) is 6.95. The number of anilines is 1. The van der Waals surface area contributed by atoms with E-state index in [1.165, 1.54) is 0 Å². The molecule has 0 aliphatic carbocycles. The Labute approximate surface area is 112 Å². The molecule has 1 aromatic rings. The van der Waals surface area contributed by atoms with Gasteiger partial charge in [-0.3, -0.25) is 15.0 Å². The standard InChI is InChI=1S/C14H18N2O3/c1-3-8-19-12-6-4-11(5-7-12)16-9-10(2)13(17)15-14(16)18/h4-7,10H,3,8-9H2,1-2H3,(H,15,17,18). The summed E-state index contributed by atoms with van der Waals surface area (Å²) < 4.78 is 5.49. The van der Waals surface area contributed by atoms with Crippen LogP contribution in [0.25, 0.3) is 0 Å². The summed E-state index contributed by atoms with van der Waals surface area (Å²) in [5.74, 6) is 0.366. The van der Waals surface area contributed by atoms with Gasteiger partial charge in [0.25, 0.3) is 0 Å². The van der Waals surface area contributed by atoms with Gasteiger partial charge in [0, 0.05) is 12.2 Å². The highest BCUT2D eigenvalue weighted by Crippen LogP contribution is 2.22. The average molecular weight is 262 g/mol. The van der Waals surface area contributed by atoms with Gasteiger partial charge in [-0.2, -0.15) is 0 Å². The Morgan fingerprint density at radius 2 is 2.00 bits per heavy atom. The molecule has 3 amide bonds. The lowest BCUT2D eigenvalue weighted by molar-refractivity contribution is -0.123. The molecule has 1 atom stereocenters. The molecule has 1 fully saturated rings. The van der Waals surface area contributed by atoms with E-state index in [1.54, 1.807) is 11.8 Å². The van der Waals surface area contributed by atoms with Gasteiger partial charge in [0.15, 0.2) is 0 Å². The van der Waals surface area contributed by atoms with Crippen molar-refractivity contribution in [2.75, 3.05) is 18.1 Å². The Hall–Kier alpha value is -2.04. The number of imide groups is 1. The van der Waals surface area contributed by atoms with Gasteiger partial charge in [-0.15, -0.1) is 0 Å². The summed E-state index contributed by atoms with van der Waals surface area (Å²) in [5, 5.41) is 2.34. The number of hydrogen-bond donors (Lipinski definition) is 1. The van der Waals surface area contributed by atoms with Crippen LogP contribution in [0.1, 0.15) is 20.3 Å². The maximum atomic E-state index is 11.8. The summed E-state index contributed by atoms with van der Waals surface area (Å²) in [6.07, 6.45) is 0.954. The van der Waals surface area contributed by atoms with E-state index in [0.29, 0.717) is 13.2 Å². The zero-order chi connectivity index (χ0) is 13.8. The number of nitrogens with one attached hydrogen (secondary N) is 1. The molecule has 2 rings (SSSR count). The molecule has 0 spiro atoms. The van der Waals surface area contributed by atoms with Gasteiger partial charge in [-0.1, -0.05) is 13.8 Å². The third-order valence-electron chi connectivity index (χ3n) is 3.00. The molecule has 1 N–H and O–H groups in total. The molecule has 0 bridgehead atoms. The van der Waals surface area contributed by atoms with Gasteiger partial charge in [-0.05, 0) is 30.7 Å². The van der Waals surface area contributed by atoms with Crippen molar-refractivity contribution in [3.8, 4) is 5.75 Å². The van der Waals surface area contributed by atoms with Crippen LogP contribution < -0.4 is 15.0 Å². The summed E-state index contributed by atoms with van der Waals surface area (Å²) in [6.45, 7) is 4.92. The molecule has 19 heavy (non-hydrogen) atoms. The van der Waals surface area contributed by atoms with Gasteiger partial charge in [0.1, 0.15) is 5.75 Å². The first-order chi connectivity index (χ1) is 9.11. The fourth-order valence-electron chi connectivity index (χ4n) is 1.90. The van der Waals surface area contributed by atoms with Gasteiger partial charge >= 0.3 is 6.03 Å². The number of benzene rings is 1. The van der Waals surface area contributed by atoms with Crippen LogP contribution in [0.3, 0.4) is 0 Å². The number of hydrogen-bond acceptors (Lipinski definition) is 3. The Balaban J connectivity index is 2.09. The number of urea groups is 1. The van der Waals surface area contributed by atoms with Crippen molar-refractivity contribution < 1.29 is 14.3 Å². The first-order valence-electron chi connectivity index (χ1n) is 6.47. The molecule has 0 aromatic heterocycles. The number of rotatable bonds is 4.